The van der Waals surface area contributed by atoms with Crippen molar-refractivity contribution in [1.29, 1.82) is 0 Å². The molecule has 2 aromatic heterocycles. The zero-order valence-electron chi connectivity index (χ0n) is 10.8. The van der Waals surface area contributed by atoms with Gasteiger partial charge in [-0.25, -0.2) is 4.98 Å². The quantitative estimate of drug-likeness (QED) is 0.892. The predicted octanol–water partition coefficient (Wildman–Crippen LogP) is 1.86. The minimum absolute atomic E-state index is 0.484. The van der Waals surface area contributed by atoms with E-state index in [0.29, 0.717) is 6.04 Å². The first-order valence-corrected chi connectivity index (χ1v) is 6.67. The molecule has 1 N–H and O–H groups in total. The normalized spacial score (nSPS) is 11.1. The second-order valence-corrected chi connectivity index (χ2v) is 5.35. The van der Waals surface area contributed by atoms with Gasteiger partial charge in [0.15, 0.2) is 5.16 Å². The van der Waals surface area contributed by atoms with Crippen LogP contribution in [-0.2, 0) is 13.6 Å². The fourth-order valence-electron chi connectivity index (χ4n) is 1.36. The van der Waals surface area contributed by atoms with Crippen LogP contribution in [0.4, 0.5) is 0 Å². The summed E-state index contributed by atoms with van der Waals surface area (Å²) in [6, 6.07) is 4.58. The molecule has 0 amide bonds. The average molecular weight is 263 g/mol. The van der Waals surface area contributed by atoms with Crippen LogP contribution in [0.1, 0.15) is 19.4 Å². The van der Waals surface area contributed by atoms with Gasteiger partial charge in [-0.1, -0.05) is 19.9 Å². The highest BCUT2D eigenvalue weighted by Gasteiger charge is 2.04. The number of pyridine rings is 1. The molecule has 0 aliphatic rings. The lowest BCUT2D eigenvalue weighted by Gasteiger charge is -2.07. The molecule has 6 heteroatoms. The van der Waals surface area contributed by atoms with Gasteiger partial charge in [0, 0.05) is 25.8 Å². The minimum atomic E-state index is 0.484. The zero-order valence-corrected chi connectivity index (χ0v) is 11.6. The van der Waals surface area contributed by atoms with E-state index < -0.39 is 0 Å². The van der Waals surface area contributed by atoms with E-state index in [1.165, 1.54) is 17.3 Å². The van der Waals surface area contributed by atoms with Crippen LogP contribution >= 0.6 is 11.8 Å². The maximum absolute atomic E-state index is 4.41. The molecular formula is C12H17N5S. The van der Waals surface area contributed by atoms with Crippen molar-refractivity contribution in [2.45, 2.75) is 36.6 Å². The second kappa shape index (κ2) is 5.97. The van der Waals surface area contributed by atoms with Crippen molar-refractivity contribution < 1.29 is 0 Å². The number of aryl methyl sites for hydroxylation is 1. The maximum atomic E-state index is 4.41. The molecule has 0 radical (unpaired) electrons. The maximum Gasteiger partial charge on any atom is 0.197 e. The molecule has 0 saturated carbocycles. The minimum Gasteiger partial charge on any atom is -0.311 e. The van der Waals surface area contributed by atoms with E-state index in [1.54, 1.807) is 6.33 Å². The predicted molar refractivity (Wildman–Crippen MR) is 71.3 cm³/mol. The van der Waals surface area contributed by atoms with Gasteiger partial charge in [-0.15, -0.1) is 10.2 Å². The van der Waals surface area contributed by atoms with E-state index in [4.69, 9.17) is 0 Å². The van der Waals surface area contributed by atoms with Crippen LogP contribution in [0.2, 0.25) is 0 Å². The monoisotopic (exact) mass is 263 g/mol. The largest absolute Gasteiger partial charge is 0.311 e. The highest BCUT2D eigenvalue weighted by Crippen LogP contribution is 2.22. The Balaban J connectivity index is 1.97. The fourth-order valence-corrected chi connectivity index (χ4v) is 2.06. The standard InChI is InChI=1S/C12H17N5S/c1-9(2)13-6-10-4-5-11(14-7-10)18-12-16-15-8-17(12)3/h4-5,7-9,13H,6H2,1-3H3. The molecule has 0 atom stereocenters. The molecule has 0 saturated heterocycles. The Morgan fingerprint density at radius 2 is 2.22 bits per heavy atom. The van der Waals surface area contributed by atoms with Gasteiger partial charge >= 0.3 is 0 Å². The molecule has 96 valence electrons. The van der Waals surface area contributed by atoms with Gasteiger partial charge in [0.25, 0.3) is 0 Å². The number of hydrogen-bond donors (Lipinski definition) is 1. The van der Waals surface area contributed by atoms with Crippen LogP contribution in [0.3, 0.4) is 0 Å². The molecule has 0 fully saturated rings. The average Bonchev–Trinajstić information content (AvgIpc) is 2.74. The van der Waals surface area contributed by atoms with E-state index in [1.807, 2.05) is 23.9 Å². The summed E-state index contributed by atoms with van der Waals surface area (Å²) >= 11 is 1.51. The molecule has 2 aromatic rings. The van der Waals surface area contributed by atoms with E-state index in [9.17, 15) is 0 Å². The lowest BCUT2D eigenvalue weighted by Crippen LogP contribution is -2.21. The summed E-state index contributed by atoms with van der Waals surface area (Å²) in [5.74, 6) is 0. The van der Waals surface area contributed by atoms with E-state index in [-0.39, 0.29) is 0 Å². The fraction of sp³-hybridized carbons (Fsp3) is 0.417. The first kappa shape index (κ1) is 13.0. The van der Waals surface area contributed by atoms with Crippen LogP contribution in [0.15, 0.2) is 34.8 Å². The Kier molecular flexibility index (Phi) is 4.33. The Bertz CT molecular complexity index is 491. The molecule has 0 aliphatic heterocycles. The van der Waals surface area contributed by atoms with Crippen molar-refractivity contribution in [3.8, 4) is 0 Å². The van der Waals surface area contributed by atoms with Crippen molar-refractivity contribution in [3.63, 3.8) is 0 Å². The van der Waals surface area contributed by atoms with E-state index in [0.717, 1.165) is 16.7 Å². The Morgan fingerprint density at radius 1 is 1.39 bits per heavy atom. The Labute approximate surface area is 111 Å². The van der Waals surface area contributed by atoms with Crippen molar-refractivity contribution in [2.75, 3.05) is 0 Å². The number of nitrogens with one attached hydrogen (secondary N) is 1. The van der Waals surface area contributed by atoms with Crippen molar-refractivity contribution in [3.05, 3.63) is 30.2 Å². The summed E-state index contributed by atoms with van der Waals surface area (Å²) in [6.07, 6.45) is 3.58. The van der Waals surface area contributed by atoms with Gasteiger partial charge < -0.3 is 9.88 Å². The highest BCUT2D eigenvalue weighted by molar-refractivity contribution is 7.99. The molecule has 18 heavy (non-hydrogen) atoms. The van der Waals surface area contributed by atoms with Crippen LogP contribution in [0.25, 0.3) is 0 Å². The lowest BCUT2D eigenvalue weighted by molar-refractivity contribution is 0.587. The molecule has 0 unspecified atom stereocenters. The second-order valence-electron chi connectivity index (χ2n) is 4.37. The highest BCUT2D eigenvalue weighted by atomic mass is 32.2. The van der Waals surface area contributed by atoms with Crippen molar-refractivity contribution in [1.82, 2.24) is 25.1 Å². The van der Waals surface area contributed by atoms with Crippen LogP contribution in [-0.4, -0.2) is 25.8 Å². The number of rotatable bonds is 5. The summed E-state index contributed by atoms with van der Waals surface area (Å²) in [5.41, 5.74) is 1.19. The Morgan fingerprint density at radius 3 is 2.78 bits per heavy atom. The summed E-state index contributed by atoms with van der Waals surface area (Å²) in [5, 5.41) is 13.0. The smallest absolute Gasteiger partial charge is 0.197 e. The lowest BCUT2D eigenvalue weighted by atomic mass is 10.2. The zero-order chi connectivity index (χ0) is 13.0. The molecular weight excluding hydrogens is 246 g/mol. The summed E-state index contributed by atoms with van der Waals surface area (Å²) in [4.78, 5) is 4.41. The molecule has 2 rings (SSSR count). The van der Waals surface area contributed by atoms with E-state index in [2.05, 4.69) is 40.4 Å². The molecule has 0 aromatic carbocycles. The van der Waals surface area contributed by atoms with Gasteiger partial charge in [-0.3, -0.25) is 0 Å². The summed E-state index contributed by atoms with van der Waals surface area (Å²) in [6.45, 7) is 5.11. The molecule has 0 bridgehead atoms. The van der Waals surface area contributed by atoms with E-state index >= 15 is 0 Å². The summed E-state index contributed by atoms with van der Waals surface area (Å²) in [7, 11) is 1.92. The first-order valence-electron chi connectivity index (χ1n) is 5.85. The summed E-state index contributed by atoms with van der Waals surface area (Å²) < 4.78 is 1.88. The SMILES string of the molecule is CC(C)NCc1ccc(Sc2nncn2C)nc1. The van der Waals surface area contributed by atoms with Crippen molar-refractivity contribution in [2.24, 2.45) is 7.05 Å². The van der Waals surface area contributed by atoms with Crippen molar-refractivity contribution >= 4 is 11.8 Å². The van der Waals surface area contributed by atoms with Gasteiger partial charge in [0.2, 0.25) is 0 Å². The van der Waals surface area contributed by atoms with Crippen LogP contribution in [0, 0.1) is 0 Å². The number of aromatic nitrogens is 4. The van der Waals surface area contributed by atoms with Crippen LogP contribution in [0.5, 0.6) is 0 Å². The third kappa shape index (κ3) is 3.54. The topological polar surface area (TPSA) is 55.6 Å². The number of hydrogen-bond acceptors (Lipinski definition) is 5. The third-order valence-corrected chi connectivity index (χ3v) is 3.38. The van der Waals surface area contributed by atoms with Gasteiger partial charge in [-0.05, 0) is 23.4 Å². The third-order valence-electron chi connectivity index (χ3n) is 2.38. The van der Waals surface area contributed by atoms with Gasteiger partial charge in [-0.2, -0.15) is 0 Å². The first-order chi connectivity index (χ1) is 8.65. The Hall–Kier alpha value is -1.40. The molecule has 5 nitrogen and oxygen atoms in total. The molecule has 0 spiro atoms. The van der Waals surface area contributed by atoms with Crippen LogP contribution < -0.4 is 5.32 Å². The molecule has 2 heterocycles. The molecule has 0 aliphatic carbocycles. The van der Waals surface area contributed by atoms with Gasteiger partial charge in [0.05, 0.1) is 0 Å². The van der Waals surface area contributed by atoms with Gasteiger partial charge in [0.1, 0.15) is 11.4 Å². The number of nitrogens with zero attached hydrogens (tertiary/aromatic N) is 4.